The molecule has 0 saturated heterocycles. The molecule has 0 aromatic carbocycles. The lowest BCUT2D eigenvalue weighted by Gasteiger charge is -2.15. The Morgan fingerprint density at radius 1 is 1.36 bits per heavy atom. The first-order chi connectivity index (χ1) is 6.37. The second-order valence-electron chi connectivity index (χ2n) is 3.86. The lowest BCUT2D eigenvalue weighted by atomic mass is 10.4. The third-order valence-corrected chi connectivity index (χ3v) is 3.88. The molecule has 0 bridgehead atoms. The quantitative estimate of drug-likeness (QED) is 0.657. The smallest absolute Gasteiger partial charge is 0.151 e. The number of likely N-dealkylation sites (N-methyl/N-ethyl adjacent to an activating group) is 1. The number of nitrogens with one attached hydrogen (secondary N) is 1. The maximum atomic E-state index is 11.3. The predicted octanol–water partition coefficient (Wildman–Crippen LogP) is -0.0392. The molecular formula is C9H22N2O2S. The highest BCUT2D eigenvalue weighted by Crippen LogP contribution is 1.93. The van der Waals surface area contributed by atoms with Gasteiger partial charge in [-0.3, -0.25) is 0 Å². The van der Waals surface area contributed by atoms with Gasteiger partial charge in [0.05, 0.1) is 5.75 Å². The molecule has 0 saturated carbocycles. The first-order valence-corrected chi connectivity index (χ1v) is 6.78. The maximum absolute atomic E-state index is 11.3. The molecule has 0 aromatic heterocycles. The number of sulfone groups is 1. The van der Waals surface area contributed by atoms with Crippen LogP contribution in [0, 0.1) is 0 Å². The van der Waals surface area contributed by atoms with Gasteiger partial charge in [-0.05, 0) is 21.0 Å². The molecule has 0 radical (unpaired) electrons. The highest BCUT2D eigenvalue weighted by atomic mass is 32.2. The van der Waals surface area contributed by atoms with E-state index < -0.39 is 9.84 Å². The summed E-state index contributed by atoms with van der Waals surface area (Å²) < 4.78 is 22.5. The van der Waals surface area contributed by atoms with E-state index in [0.29, 0.717) is 0 Å². The second kappa shape index (κ2) is 6.37. The molecule has 0 aliphatic rings. The van der Waals surface area contributed by atoms with Crippen LogP contribution in [0.2, 0.25) is 0 Å². The van der Waals surface area contributed by atoms with Crippen molar-refractivity contribution in [2.45, 2.75) is 19.9 Å². The summed E-state index contributed by atoms with van der Waals surface area (Å²) in [6, 6.07) is 0.0416. The van der Waals surface area contributed by atoms with Crippen molar-refractivity contribution in [1.29, 1.82) is 0 Å². The van der Waals surface area contributed by atoms with Crippen LogP contribution < -0.4 is 5.32 Å². The van der Waals surface area contributed by atoms with Crippen molar-refractivity contribution in [3.63, 3.8) is 0 Å². The highest BCUT2D eigenvalue weighted by molar-refractivity contribution is 7.91. The molecule has 1 unspecified atom stereocenters. The molecule has 0 amide bonds. The second-order valence-corrected chi connectivity index (χ2v) is 6.26. The van der Waals surface area contributed by atoms with Crippen LogP contribution in [-0.2, 0) is 9.84 Å². The van der Waals surface area contributed by atoms with Crippen LogP contribution in [0.4, 0.5) is 0 Å². The SMILES string of the molecule is CCS(=O)(=O)CC(C)NCCN(C)C. The summed E-state index contributed by atoms with van der Waals surface area (Å²) in [6.07, 6.45) is 0. The summed E-state index contributed by atoms with van der Waals surface area (Å²) in [6.45, 7) is 5.34. The van der Waals surface area contributed by atoms with E-state index >= 15 is 0 Å². The fourth-order valence-corrected chi connectivity index (χ4v) is 2.21. The zero-order chi connectivity index (χ0) is 11.2. The van der Waals surface area contributed by atoms with Gasteiger partial charge >= 0.3 is 0 Å². The van der Waals surface area contributed by atoms with E-state index in [1.165, 1.54) is 0 Å². The summed E-state index contributed by atoms with van der Waals surface area (Å²) in [4.78, 5) is 2.06. The Balaban J connectivity index is 3.71. The van der Waals surface area contributed by atoms with Gasteiger partial charge in [-0.1, -0.05) is 6.92 Å². The van der Waals surface area contributed by atoms with Crippen molar-refractivity contribution in [2.75, 3.05) is 38.7 Å². The summed E-state index contributed by atoms with van der Waals surface area (Å²) in [5, 5.41) is 3.18. The minimum atomic E-state index is -2.85. The predicted molar refractivity (Wildman–Crippen MR) is 60.3 cm³/mol. The number of hydrogen-bond donors (Lipinski definition) is 1. The van der Waals surface area contributed by atoms with Gasteiger partial charge in [0.15, 0.2) is 9.84 Å². The van der Waals surface area contributed by atoms with Crippen LogP contribution in [-0.4, -0.2) is 58.1 Å². The van der Waals surface area contributed by atoms with Crippen LogP contribution in [0.25, 0.3) is 0 Å². The van der Waals surface area contributed by atoms with Crippen LogP contribution in [0.1, 0.15) is 13.8 Å². The highest BCUT2D eigenvalue weighted by Gasteiger charge is 2.12. The Morgan fingerprint density at radius 3 is 2.36 bits per heavy atom. The van der Waals surface area contributed by atoms with Crippen LogP contribution in [0.5, 0.6) is 0 Å². The van der Waals surface area contributed by atoms with Crippen molar-refractivity contribution in [2.24, 2.45) is 0 Å². The van der Waals surface area contributed by atoms with E-state index in [9.17, 15) is 8.42 Å². The van der Waals surface area contributed by atoms with Crippen molar-refractivity contribution >= 4 is 9.84 Å². The zero-order valence-corrected chi connectivity index (χ0v) is 10.4. The average molecular weight is 222 g/mol. The number of rotatable bonds is 7. The molecule has 0 rings (SSSR count). The molecule has 0 aromatic rings. The van der Waals surface area contributed by atoms with Gasteiger partial charge in [0, 0.05) is 24.9 Å². The molecule has 0 aliphatic carbocycles. The first kappa shape index (κ1) is 13.9. The fraction of sp³-hybridized carbons (Fsp3) is 1.00. The molecule has 0 heterocycles. The molecule has 5 heteroatoms. The topological polar surface area (TPSA) is 49.4 Å². The Hall–Kier alpha value is -0.130. The van der Waals surface area contributed by atoms with Gasteiger partial charge in [0.1, 0.15) is 0 Å². The summed E-state index contributed by atoms with van der Waals surface area (Å²) in [7, 11) is 1.14. The van der Waals surface area contributed by atoms with E-state index in [1.807, 2.05) is 21.0 Å². The molecular weight excluding hydrogens is 200 g/mol. The molecule has 14 heavy (non-hydrogen) atoms. The van der Waals surface area contributed by atoms with Gasteiger partial charge in [-0.25, -0.2) is 8.42 Å². The van der Waals surface area contributed by atoms with Crippen molar-refractivity contribution in [1.82, 2.24) is 10.2 Å². The summed E-state index contributed by atoms with van der Waals surface area (Å²) in [5.41, 5.74) is 0. The van der Waals surface area contributed by atoms with Gasteiger partial charge < -0.3 is 10.2 Å². The van der Waals surface area contributed by atoms with Gasteiger partial charge in [0.2, 0.25) is 0 Å². The average Bonchev–Trinajstić information content (AvgIpc) is 2.02. The molecule has 1 N–H and O–H groups in total. The lowest BCUT2D eigenvalue weighted by molar-refractivity contribution is 0.391. The van der Waals surface area contributed by atoms with Crippen LogP contribution >= 0.6 is 0 Å². The normalized spacial score (nSPS) is 14.6. The first-order valence-electron chi connectivity index (χ1n) is 4.96. The van der Waals surface area contributed by atoms with Gasteiger partial charge in [-0.15, -0.1) is 0 Å². The number of hydrogen-bond acceptors (Lipinski definition) is 4. The summed E-state index contributed by atoms with van der Waals surface area (Å²) in [5.74, 6) is 0.462. The molecule has 0 spiro atoms. The standard InChI is InChI=1S/C9H22N2O2S/c1-5-14(12,13)8-9(2)10-6-7-11(3)4/h9-10H,5-8H2,1-4H3. The maximum Gasteiger partial charge on any atom is 0.151 e. The van der Waals surface area contributed by atoms with E-state index in [4.69, 9.17) is 0 Å². The Bertz CT molecular complexity index is 237. The minimum Gasteiger partial charge on any atom is -0.312 e. The molecule has 0 fully saturated rings. The van der Waals surface area contributed by atoms with E-state index in [2.05, 4.69) is 10.2 Å². The van der Waals surface area contributed by atoms with E-state index in [0.717, 1.165) is 13.1 Å². The van der Waals surface area contributed by atoms with Gasteiger partial charge in [0.25, 0.3) is 0 Å². The van der Waals surface area contributed by atoms with Gasteiger partial charge in [-0.2, -0.15) is 0 Å². The third-order valence-electron chi connectivity index (χ3n) is 2.00. The van der Waals surface area contributed by atoms with E-state index in [1.54, 1.807) is 6.92 Å². The third kappa shape index (κ3) is 7.29. The van der Waals surface area contributed by atoms with Crippen molar-refractivity contribution < 1.29 is 8.42 Å². The van der Waals surface area contributed by atoms with E-state index in [-0.39, 0.29) is 17.5 Å². The lowest BCUT2D eigenvalue weighted by Crippen LogP contribution is -2.37. The molecule has 86 valence electrons. The monoisotopic (exact) mass is 222 g/mol. The zero-order valence-electron chi connectivity index (χ0n) is 9.58. The van der Waals surface area contributed by atoms with Crippen LogP contribution in [0.3, 0.4) is 0 Å². The summed E-state index contributed by atoms with van der Waals surface area (Å²) >= 11 is 0. The Kier molecular flexibility index (Phi) is 6.31. The molecule has 4 nitrogen and oxygen atoms in total. The fourth-order valence-electron chi connectivity index (χ4n) is 1.09. The largest absolute Gasteiger partial charge is 0.312 e. The molecule has 1 atom stereocenters. The van der Waals surface area contributed by atoms with Crippen LogP contribution in [0.15, 0.2) is 0 Å². The Morgan fingerprint density at radius 2 is 1.93 bits per heavy atom. The number of nitrogens with zero attached hydrogens (tertiary/aromatic N) is 1. The Labute approximate surface area is 87.6 Å². The molecule has 0 aliphatic heterocycles. The minimum absolute atomic E-state index is 0.0416. The van der Waals surface area contributed by atoms with Crippen molar-refractivity contribution in [3.05, 3.63) is 0 Å². The van der Waals surface area contributed by atoms with Crippen molar-refractivity contribution in [3.8, 4) is 0 Å².